The van der Waals surface area contributed by atoms with Crippen molar-refractivity contribution < 1.29 is 13.2 Å². The number of carbonyl (C=O) groups is 1. The van der Waals surface area contributed by atoms with Crippen LogP contribution in [0.4, 0.5) is 5.69 Å². The second-order valence-electron chi connectivity index (χ2n) is 6.78. The van der Waals surface area contributed by atoms with Crippen LogP contribution in [-0.2, 0) is 21.2 Å². The molecule has 2 aromatic rings. The number of benzene rings is 2. The summed E-state index contributed by atoms with van der Waals surface area (Å²) in [5.41, 5.74) is 2.36. The Bertz CT molecular complexity index is 999. The van der Waals surface area contributed by atoms with Crippen molar-refractivity contribution in [3.63, 3.8) is 0 Å². The Morgan fingerprint density at radius 2 is 1.93 bits per heavy atom. The molecule has 0 saturated heterocycles. The Morgan fingerprint density at radius 3 is 2.68 bits per heavy atom. The Kier molecular flexibility index (Phi) is 6.14. The van der Waals surface area contributed by atoms with Crippen LogP contribution in [0.3, 0.4) is 0 Å². The van der Waals surface area contributed by atoms with Crippen LogP contribution >= 0.6 is 0 Å². The number of amidine groups is 1. The van der Waals surface area contributed by atoms with Gasteiger partial charge in [0.15, 0.2) is 0 Å². The van der Waals surface area contributed by atoms with E-state index >= 15 is 0 Å². The molecule has 1 aliphatic heterocycles. The predicted octanol–water partition coefficient (Wildman–Crippen LogP) is 3.49. The molecule has 28 heavy (non-hydrogen) atoms. The number of nitrogens with zero attached hydrogens (tertiary/aromatic N) is 1. The zero-order valence-electron chi connectivity index (χ0n) is 16.1. The molecule has 2 aromatic carbocycles. The third-order valence-electron chi connectivity index (χ3n) is 4.68. The van der Waals surface area contributed by atoms with Crippen LogP contribution in [0.1, 0.15) is 44.2 Å². The first-order valence-corrected chi connectivity index (χ1v) is 11.0. The highest BCUT2D eigenvalue weighted by atomic mass is 32.2. The van der Waals surface area contributed by atoms with Crippen LogP contribution in [-0.4, -0.2) is 26.2 Å². The van der Waals surface area contributed by atoms with Gasteiger partial charge in [-0.1, -0.05) is 51.0 Å². The van der Waals surface area contributed by atoms with Gasteiger partial charge in [-0.2, -0.15) is 0 Å². The summed E-state index contributed by atoms with van der Waals surface area (Å²) in [5.74, 6) is -0.00746. The fourth-order valence-electron chi connectivity index (χ4n) is 3.13. The van der Waals surface area contributed by atoms with E-state index in [9.17, 15) is 13.2 Å². The minimum atomic E-state index is -3.63. The lowest BCUT2D eigenvalue weighted by Crippen LogP contribution is -2.30. The summed E-state index contributed by atoms with van der Waals surface area (Å²) in [6.07, 6.45) is 3.16. The first-order valence-electron chi connectivity index (χ1n) is 9.54. The van der Waals surface area contributed by atoms with Crippen molar-refractivity contribution in [2.75, 3.05) is 5.32 Å². The van der Waals surface area contributed by atoms with Gasteiger partial charge in [0.25, 0.3) is 10.0 Å². The summed E-state index contributed by atoms with van der Waals surface area (Å²) in [7, 11) is -3.63. The van der Waals surface area contributed by atoms with E-state index in [-0.39, 0.29) is 16.6 Å². The van der Waals surface area contributed by atoms with Gasteiger partial charge in [-0.15, -0.1) is 0 Å². The molecular weight excluding hydrogens is 374 g/mol. The molecule has 1 atom stereocenters. The van der Waals surface area contributed by atoms with Gasteiger partial charge < -0.3 is 5.32 Å². The van der Waals surface area contributed by atoms with Crippen LogP contribution < -0.4 is 10.0 Å². The van der Waals surface area contributed by atoms with E-state index in [4.69, 9.17) is 0 Å². The maximum absolute atomic E-state index is 12.9. The molecule has 0 aromatic heterocycles. The molecule has 1 heterocycles. The Morgan fingerprint density at radius 1 is 1.14 bits per heavy atom. The summed E-state index contributed by atoms with van der Waals surface area (Å²) >= 11 is 0. The molecule has 1 amide bonds. The summed E-state index contributed by atoms with van der Waals surface area (Å²) in [6.45, 7) is 4.10. The highest BCUT2D eigenvalue weighted by Crippen LogP contribution is 2.23. The molecule has 0 spiro atoms. The van der Waals surface area contributed by atoms with Crippen molar-refractivity contribution in [3.05, 3.63) is 59.7 Å². The average molecular weight is 400 g/mol. The molecule has 1 unspecified atom stereocenters. The van der Waals surface area contributed by atoms with Crippen molar-refractivity contribution in [1.29, 1.82) is 0 Å². The van der Waals surface area contributed by atoms with E-state index in [2.05, 4.69) is 22.0 Å². The second kappa shape index (κ2) is 8.56. The molecule has 1 aliphatic rings. The average Bonchev–Trinajstić information content (AvgIpc) is 2.95. The zero-order chi connectivity index (χ0) is 20.1. The first kappa shape index (κ1) is 20.1. The van der Waals surface area contributed by atoms with Gasteiger partial charge in [0.2, 0.25) is 5.91 Å². The van der Waals surface area contributed by atoms with Gasteiger partial charge in [-0.05, 0) is 42.7 Å². The Hall–Kier alpha value is -2.67. The minimum Gasteiger partial charge on any atom is -0.324 e. The van der Waals surface area contributed by atoms with Crippen molar-refractivity contribution in [1.82, 2.24) is 4.72 Å². The molecule has 0 saturated carbocycles. The van der Waals surface area contributed by atoms with Crippen molar-refractivity contribution in [3.8, 4) is 0 Å². The summed E-state index contributed by atoms with van der Waals surface area (Å²) in [5, 5.41) is 2.92. The van der Waals surface area contributed by atoms with Crippen LogP contribution in [0.5, 0.6) is 0 Å². The standard InChI is InChI=1S/C21H25N3O3S/c1-3-5-12-18(21(25)22-16-10-8-9-15(4-2)14-16)23-20-17-11-6-7-13-19(17)28(26,27)24-20/h6-11,13-14,18H,3-5,12H2,1-2H3,(H,22,25)(H,23,24). The van der Waals surface area contributed by atoms with Crippen molar-refractivity contribution >= 4 is 27.5 Å². The quantitative estimate of drug-likeness (QED) is 0.747. The third-order valence-corrected chi connectivity index (χ3v) is 6.08. The number of aliphatic imine (C=N–C) groups is 1. The van der Waals surface area contributed by atoms with Crippen molar-refractivity contribution in [2.24, 2.45) is 4.99 Å². The largest absolute Gasteiger partial charge is 0.324 e. The van der Waals surface area contributed by atoms with E-state index in [0.717, 1.165) is 30.5 Å². The maximum Gasteiger partial charge on any atom is 0.263 e. The lowest BCUT2D eigenvalue weighted by molar-refractivity contribution is -0.117. The topological polar surface area (TPSA) is 87.6 Å². The van der Waals surface area contributed by atoms with Crippen LogP contribution in [0.2, 0.25) is 0 Å². The number of fused-ring (bicyclic) bond motifs is 1. The van der Waals surface area contributed by atoms with Crippen LogP contribution in [0.15, 0.2) is 58.4 Å². The maximum atomic E-state index is 12.9. The lowest BCUT2D eigenvalue weighted by atomic mass is 10.1. The van der Waals surface area contributed by atoms with E-state index in [1.54, 1.807) is 18.2 Å². The fraction of sp³-hybridized carbons (Fsp3) is 0.333. The highest BCUT2D eigenvalue weighted by molar-refractivity contribution is 7.90. The number of hydrogen-bond donors (Lipinski definition) is 2. The Labute approximate surface area is 166 Å². The number of nitrogens with one attached hydrogen (secondary N) is 2. The first-order chi connectivity index (χ1) is 13.4. The number of unbranched alkanes of at least 4 members (excludes halogenated alkanes) is 1. The normalized spacial score (nSPS) is 17.0. The molecular formula is C21H25N3O3S. The summed E-state index contributed by atoms with van der Waals surface area (Å²) in [4.78, 5) is 17.6. The van der Waals surface area contributed by atoms with E-state index in [1.165, 1.54) is 6.07 Å². The van der Waals surface area contributed by atoms with Gasteiger partial charge in [0, 0.05) is 11.3 Å². The minimum absolute atomic E-state index is 0.194. The molecule has 3 rings (SSSR count). The Balaban J connectivity index is 1.88. The van der Waals surface area contributed by atoms with Gasteiger partial charge >= 0.3 is 0 Å². The molecule has 6 nitrogen and oxygen atoms in total. The van der Waals surface area contributed by atoms with Crippen molar-refractivity contribution in [2.45, 2.75) is 50.5 Å². The lowest BCUT2D eigenvalue weighted by Gasteiger charge is -2.14. The van der Waals surface area contributed by atoms with Crippen LogP contribution in [0, 0.1) is 0 Å². The van der Waals surface area contributed by atoms with Crippen LogP contribution in [0.25, 0.3) is 0 Å². The number of amides is 1. The van der Waals surface area contributed by atoms with Gasteiger partial charge in [0.05, 0.1) is 4.90 Å². The molecule has 0 radical (unpaired) electrons. The third kappa shape index (κ3) is 4.42. The van der Waals surface area contributed by atoms with Gasteiger partial charge in [-0.25, -0.2) is 8.42 Å². The van der Waals surface area contributed by atoms with E-state index in [0.29, 0.717) is 12.0 Å². The SMILES string of the molecule is CCCCC(N=C1NS(=O)(=O)c2ccccc21)C(=O)Nc1cccc(CC)c1. The smallest absolute Gasteiger partial charge is 0.263 e. The molecule has 7 heteroatoms. The zero-order valence-corrected chi connectivity index (χ0v) is 16.9. The second-order valence-corrected chi connectivity index (χ2v) is 8.43. The number of aryl methyl sites for hydroxylation is 1. The number of carbonyl (C=O) groups excluding carboxylic acids is 1. The predicted molar refractivity (Wildman–Crippen MR) is 111 cm³/mol. The molecule has 148 valence electrons. The molecule has 0 bridgehead atoms. The highest BCUT2D eigenvalue weighted by Gasteiger charge is 2.31. The monoisotopic (exact) mass is 399 g/mol. The number of rotatable bonds is 7. The number of anilines is 1. The summed E-state index contributed by atoms with van der Waals surface area (Å²) in [6, 6.07) is 13.7. The van der Waals surface area contributed by atoms with E-state index in [1.807, 2.05) is 31.2 Å². The van der Waals surface area contributed by atoms with E-state index < -0.39 is 16.1 Å². The summed E-state index contributed by atoms with van der Waals surface area (Å²) < 4.78 is 27.1. The van der Waals surface area contributed by atoms with Gasteiger partial charge in [0.1, 0.15) is 11.9 Å². The number of sulfonamides is 1. The fourth-order valence-corrected chi connectivity index (χ4v) is 4.37. The number of hydrogen-bond acceptors (Lipinski definition) is 4. The molecule has 0 aliphatic carbocycles. The molecule has 2 N–H and O–H groups in total. The van der Waals surface area contributed by atoms with Gasteiger partial charge in [-0.3, -0.25) is 14.5 Å². The molecule has 0 fully saturated rings.